The molecule has 6 heteroatoms. The molecule has 0 aliphatic heterocycles. The van der Waals surface area contributed by atoms with Gasteiger partial charge in [-0.2, -0.15) is 0 Å². The van der Waals surface area contributed by atoms with Crippen molar-refractivity contribution in [2.24, 2.45) is 10.1 Å². The van der Waals surface area contributed by atoms with Gasteiger partial charge < -0.3 is 10.7 Å². The van der Waals surface area contributed by atoms with E-state index in [2.05, 4.69) is 9.38 Å². The van der Waals surface area contributed by atoms with E-state index in [9.17, 15) is 9.59 Å². The highest BCUT2D eigenvalue weighted by molar-refractivity contribution is 8.12. The van der Waals surface area contributed by atoms with Gasteiger partial charge in [0.2, 0.25) is 0 Å². The third-order valence-electron chi connectivity index (χ3n) is 2.12. The smallest absolute Gasteiger partial charge is 0.298 e. The number of pyridine rings is 1. The summed E-state index contributed by atoms with van der Waals surface area (Å²) in [6, 6.07) is 9.12. The van der Waals surface area contributed by atoms with Crippen LogP contribution in [-0.2, 0) is 0 Å². The molecule has 0 radical (unpaired) electrons. The van der Waals surface area contributed by atoms with Crippen LogP contribution in [-0.4, -0.2) is 16.4 Å². The molecule has 2 aromatic rings. The molecule has 0 saturated heterocycles. The molecule has 17 heavy (non-hydrogen) atoms. The molecule has 0 unspecified atom stereocenters. The van der Waals surface area contributed by atoms with Gasteiger partial charge in [-0.3, -0.25) is 9.59 Å². The number of primary amides is 1. The van der Waals surface area contributed by atoms with E-state index in [1.807, 2.05) is 24.3 Å². The summed E-state index contributed by atoms with van der Waals surface area (Å²) in [5.74, 6) is 0. The van der Waals surface area contributed by atoms with Crippen molar-refractivity contribution in [3.05, 3.63) is 46.2 Å². The lowest BCUT2D eigenvalue weighted by molar-refractivity contribution is 0.267. The number of H-pyrrole nitrogens is 1. The van der Waals surface area contributed by atoms with Crippen molar-refractivity contribution in [1.29, 1.82) is 0 Å². The second kappa shape index (κ2) is 4.84. The fourth-order valence-electron chi connectivity index (χ4n) is 1.40. The van der Waals surface area contributed by atoms with E-state index in [0.29, 0.717) is 17.5 Å². The van der Waals surface area contributed by atoms with E-state index in [1.165, 1.54) is 6.21 Å². The van der Waals surface area contributed by atoms with Crippen LogP contribution in [0, 0.1) is 0 Å². The van der Waals surface area contributed by atoms with Crippen molar-refractivity contribution in [2.45, 2.75) is 0 Å². The summed E-state index contributed by atoms with van der Waals surface area (Å²) in [5, 5.41) is 0.288. The molecule has 0 aliphatic carbocycles. The van der Waals surface area contributed by atoms with E-state index >= 15 is 0 Å². The first-order valence-electron chi connectivity index (χ1n) is 4.79. The number of para-hydroxylation sites is 1. The first-order chi connectivity index (χ1) is 8.16. The highest BCUT2D eigenvalue weighted by atomic mass is 32.2. The number of rotatable bonds is 2. The van der Waals surface area contributed by atoms with Crippen LogP contribution in [0.25, 0.3) is 10.9 Å². The molecule has 0 aliphatic rings. The number of aromatic nitrogens is 1. The van der Waals surface area contributed by atoms with Gasteiger partial charge in [0, 0.05) is 11.7 Å². The molecule has 0 spiro atoms. The molecule has 0 bridgehead atoms. The Morgan fingerprint density at radius 1 is 1.41 bits per heavy atom. The molecule has 1 heterocycles. The highest BCUT2D eigenvalue weighted by Crippen LogP contribution is 2.09. The first kappa shape index (κ1) is 11.4. The minimum atomic E-state index is -0.613. The Kier molecular flexibility index (Phi) is 3.24. The molecule has 5 nitrogen and oxygen atoms in total. The van der Waals surface area contributed by atoms with Crippen LogP contribution in [0.5, 0.6) is 0 Å². The van der Waals surface area contributed by atoms with Crippen molar-refractivity contribution in [3.63, 3.8) is 0 Å². The number of nitrogens with zero attached hydrogens (tertiary/aromatic N) is 1. The van der Waals surface area contributed by atoms with E-state index < -0.39 is 5.24 Å². The van der Waals surface area contributed by atoms with Gasteiger partial charge in [-0.25, -0.2) is 4.40 Å². The van der Waals surface area contributed by atoms with Gasteiger partial charge in [0.15, 0.2) is 0 Å². The van der Waals surface area contributed by atoms with Gasteiger partial charge in [0.25, 0.3) is 10.8 Å². The van der Waals surface area contributed by atoms with E-state index in [0.717, 1.165) is 10.9 Å². The number of carbonyl (C=O) groups excluding carboxylic acids is 1. The van der Waals surface area contributed by atoms with E-state index in [1.54, 1.807) is 6.07 Å². The number of aromatic amines is 1. The van der Waals surface area contributed by atoms with Crippen molar-refractivity contribution >= 4 is 34.3 Å². The SMILES string of the molecule is NC(=O)S/N=C/c1cc2ccccc2[nH]c1=O. The van der Waals surface area contributed by atoms with E-state index in [-0.39, 0.29) is 5.56 Å². The lowest BCUT2D eigenvalue weighted by Gasteiger charge is -1.98. The molecule has 1 aromatic heterocycles. The van der Waals surface area contributed by atoms with Crippen molar-refractivity contribution in [2.75, 3.05) is 0 Å². The summed E-state index contributed by atoms with van der Waals surface area (Å²) in [5.41, 5.74) is 5.81. The monoisotopic (exact) mass is 247 g/mol. The number of nitrogens with one attached hydrogen (secondary N) is 1. The lowest BCUT2D eigenvalue weighted by atomic mass is 10.2. The standard InChI is InChI=1S/C11H9N3O2S/c12-11(16)17-13-6-8-5-7-3-1-2-4-9(7)14-10(8)15/h1-6H,(H2,12,16)(H,14,15)/b13-6+. The van der Waals surface area contributed by atoms with Gasteiger partial charge >= 0.3 is 0 Å². The Bertz CT molecular complexity index is 648. The zero-order chi connectivity index (χ0) is 12.3. The molecule has 1 amide bonds. The average Bonchev–Trinajstić information content (AvgIpc) is 2.29. The second-order valence-electron chi connectivity index (χ2n) is 3.29. The Balaban J connectivity index is 2.41. The van der Waals surface area contributed by atoms with Gasteiger partial charge in [-0.15, -0.1) is 0 Å². The number of fused-ring (bicyclic) bond motifs is 1. The maximum Gasteiger partial charge on any atom is 0.298 e. The Morgan fingerprint density at radius 2 is 2.18 bits per heavy atom. The first-order valence-corrected chi connectivity index (χ1v) is 5.56. The molecular formula is C11H9N3O2S. The second-order valence-corrected chi connectivity index (χ2v) is 4.08. The van der Waals surface area contributed by atoms with Crippen LogP contribution >= 0.6 is 11.9 Å². The fraction of sp³-hybridized carbons (Fsp3) is 0. The maximum absolute atomic E-state index is 11.6. The number of nitrogens with two attached hydrogens (primary N) is 1. The summed E-state index contributed by atoms with van der Waals surface area (Å²) < 4.78 is 3.71. The van der Waals surface area contributed by atoms with Crippen LogP contribution in [0.3, 0.4) is 0 Å². The normalized spacial score (nSPS) is 11.1. The number of hydrogen-bond donors (Lipinski definition) is 2. The van der Waals surface area contributed by atoms with Crippen LogP contribution < -0.4 is 11.3 Å². The van der Waals surface area contributed by atoms with Crippen LogP contribution in [0.2, 0.25) is 0 Å². The Labute approximate surface area is 101 Å². The van der Waals surface area contributed by atoms with Crippen LogP contribution in [0.4, 0.5) is 4.79 Å². The fourth-order valence-corrected chi connectivity index (χ4v) is 1.67. The molecule has 1 aromatic carbocycles. The van der Waals surface area contributed by atoms with Gasteiger partial charge in [-0.1, -0.05) is 18.2 Å². The van der Waals surface area contributed by atoms with E-state index in [4.69, 9.17) is 5.73 Å². The quantitative estimate of drug-likeness (QED) is 0.625. The van der Waals surface area contributed by atoms with Crippen molar-refractivity contribution in [3.8, 4) is 0 Å². The van der Waals surface area contributed by atoms with Crippen molar-refractivity contribution in [1.82, 2.24) is 4.98 Å². The maximum atomic E-state index is 11.6. The zero-order valence-electron chi connectivity index (χ0n) is 8.71. The summed E-state index contributed by atoms with van der Waals surface area (Å²) in [7, 11) is 0. The molecular weight excluding hydrogens is 238 g/mol. The van der Waals surface area contributed by atoms with Crippen molar-refractivity contribution < 1.29 is 4.79 Å². The highest BCUT2D eigenvalue weighted by Gasteiger charge is 2.00. The zero-order valence-corrected chi connectivity index (χ0v) is 9.53. The summed E-state index contributed by atoms with van der Waals surface area (Å²) in [6.45, 7) is 0. The van der Waals surface area contributed by atoms with Crippen LogP contribution in [0.1, 0.15) is 5.56 Å². The Hall–Kier alpha value is -2.08. The number of benzene rings is 1. The largest absolute Gasteiger partial charge is 0.359 e. The molecule has 0 fully saturated rings. The number of amides is 1. The predicted molar refractivity (Wildman–Crippen MR) is 69.3 cm³/mol. The molecule has 2 rings (SSSR count). The molecule has 3 N–H and O–H groups in total. The molecule has 0 atom stereocenters. The van der Waals surface area contributed by atoms with Gasteiger partial charge in [0.05, 0.1) is 17.5 Å². The summed E-state index contributed by atoms with van der Waals surface area (Å²) in [6.07, 6.45) is 1.32. The summed E-state index contributed by atoms with van der Waals surface area (Å²) >= 11 is 0.596. The molecule has 0 saturated carbocycles. The van der Waals surface area contributed by atoms with Gasteiger partial charge in [0.1, 0.15) is 0 Å². The third kappa shape index (κ3) is 2.73. The topological polar surface area (TPSA) is 88.3 Å². The third-order valence-corrected chi connectivity index (χ3v) is 2.51. The number of hydrogen-bond acceptors (Lipinski definition) is 4. The Morgan fingerprint density at radius 3 is 2.94 bits per heavy atom. The minimum Gasteiger partial charge on any atom is -0.359 e. The lowest BCUT2D eigenvalue weighted by Crippen LogP contribution is -2.11. The average molecular weight is 247 g/mol. The summed E-state index contributed by atoms with van der Waals surface area (Å²) in [4.78, 5) is 24.8. The van der Waals surface area contributed by atoms with Crippen LogP contribution in [0.15, 0.2) is 39.5 Å². The van der Waals surface area contributed by atoms with Gasteiger partial charge in [-0.05, 0) is 17.5 Å². The minimum absolute atomic E-state index is 0.252. The predicted octanol–water partition coefficient (Wildman–Crippen LogP) is 1.67. The number of carbonyl (C=O) groups is 1. The molecule has 86 valence electrons.